The maximum Gasteiger partial charge on any atom is 0.160 e. The van der Waals surface area contributed by atoms with Crippen LogP contribution >= 0.6 is 11.3 Å². The quantitative estimate of drug-likeness (QED) is 0.205. The summed E-state index contributed by atoms with van der Waals surface area (Å²) in [5.74, 6) is 0.715. The van der Waals surface area contributed by atoms with E-state index in [2.05, 4.69) is 114 Å². The van der Waals surface area contributed by atoms with Gasteiger partial charge in [0, 0.05) is 48.8 Å². The first-order chi connectivity index (χ1) is 22.3. The summed E-state index contributed by atoms with van der Waals surface area (Å²) in [6.07, 6.45) is 0. The number of furan rings is 1. The number of hydrogen-bond acceptors (Lipinski definition) is 4. The van der Waals surface area contributed by atoms with Crippen molar-refractivity contribution in [2.24, 2.45) is 0 Å². The number of aromatic nitrogens is 3. The van der Waals surface area contributed by atoms with E-state index in [9.17, 15) is 0 Å². The fourth-order valence-electron chi connectivity index (χ4n) is 6.81. The molecule has 4 heterocycles. The van der Waals surface area contributed by atoms with Crippen LogP contribution in [0, 0.1) is 0 Å². The average molecular weight is 594 g/mol. The van der Waals surface area contributed by atoms with Crippen LogP contribution in [0.2, 0.25) is 0 Å². The number of nitrogens with zero attached hydrogens (tertiary/aromatic N) is 3. The topological polar surface area (TPSA) is 43.9 Å². The summed E-state index contributed by atoms with van der Waals surface area (Å²) in [4.78, 5) is 10.6. The van der Waals surface area contributed by atoms with Crippen LogP contribution in [-0.2, 0) is 0 Å². The molecule has 0 aliphatic rings. The molecule has 0 amide bonds. The summed E-state index contributed by atoms with van der Waals surface area (Å²) in [5.41, 5.74) is 8.95. The van der Waals surface area contributed by atoms with E-state index in [0.717, 1.165) is 71.1 Å². The number of fused-ring (bicyclic) bond motifs is 9. The molecule has 210 valence electrons. The van der Waals surface area contributed by atoms with Gasteiger partial charge in [-0.2, -0.15) is 0 Å². The van der Waals surface area contributed by atoms with Gasteiger partial charge in [-0.1, -0.05) is 103 Å². The molecule has 0 aliphatic carbocycles. The summed E-state index contributed by atoms with van der Waals surface area (Å²) in [6.45, 7) is 0. The average Bonchev–Trinajstić information content (AvgIpc) is 3.77. The summed E-state index contributed by atoms with van der Waals surface area (Å²) >= 11 is 1.75. The maximum absolute atomic E-state index is 6.49. The third-order valence-electron chi connectivity index (χ3n) is 8.82. The lowest BCUT2D eigenvalue weighted by Gasteiger charge is -2.15. The van der Waals surface area contributed by atoms with Crippen LogP contribution in [-0.4, -0.2) is 14.5 Å². The molecule has 0 unspecified atom stereocenters. The van der Waals surface area contributed by atoms with E-state index in [4.69, 9.17) is 14.4 Å². The summed E-state index contributed by atoms with van der Waals surface area (Å²) in [7, 11) is 0. The third-order valence-corrected chi connectivity index (χ3v) is 9.99. The van der Waals surface area contributed by atoms with Crippen LogP contribution in [0.1, 0.15) is 0 Å². The van der Waals surface area contributed by atoms with Crippen molar-refractivity contribution >= 4 is 75.4 Å². The van der Waals surface area contributed by atoms with Crippen LogP contribution in [0.15, 0.2) is 144 Å². The van der Waals surface area contributed by atoms with Gasteiger partial charge in [0.05, 0.1) is 32.6 Å². The van der Waals surface area contributed by atoms with Crippen molar-refractivity contribution in [1.82, 2.24) is 14.5 Å². The lowest BCUT2D eigenvalue weighted by atomic mass is 10.0. The predicted octanol–water partition coefficient (Wildman–Crippen LogP) is 11.2. The third kappa shape index (κ3) is 3.59. The van der Waals surface area contributed by atoms with E-state index in [1.54, 1.807) is 11.3 Å². The number of para-hydroxylation sites is 3. The fraction of sp³-hybridized carbons (Fsp3) is 0. The lowest BCUT2D eigenvalue weighted by Crippen LogP contribution is -2.00. The molecular weight excluding hydrogens is 571 g/mol. The van der Waals surface area contributed by atoms with Gasteiger partial charge in [0.2, 0.25) is 0 Å². The van der Waals surface area contributed by atoms with Crippen molar-refractivity contribution in [2.45, 2.75) is 0 Å². The van der Waals surface area contributed by atoms with E-state index in [-0.39, 0.29) is 0 Å². The second kappa shape index (κ2) is 9.36. The van der Waals surface area contributed by atoms with Crippen molar-refractivity contribution < 1.29 is 4.42 Å². The summed E-state index contributed by atoms with van der Waals surface area (Å²) in [6, 6.07) is 48.8. The van der Waals surface area contributed by atoms with Gasteiger partial charge < -0.3 is 8.98 Å². The maximum atomic E-state index is 6.49. The highest BCUT2D eigenvalue weighted by atomic mass is 32.1. The normalized spacial score (nSPS) is 12.0. The number of thiophene rings is 1. The Kier molecular flexibility index (Phi) is 5.12. The highest BCUT2D eigenvalue weighted by Crippen LogP contribution is 2.45. The van der Waals surface area contributed by atoms with Crippen molar-refractivity contribution in [2.75, 3.05) is 0 Å². The standard InChI is InChI=1S/C40H23N3OS/c1-2-12-24(13-3-1)40-41-37-28-17-7-11-21-36(28)45-39(37)38(42-40)30-22-29-27-16-6-10-20-34(27)44-35(29)23-33(30)43-31-18-8-4-14-25(31)26-15-5-9-19-32(26)43/h1-23H. The number of hydrogen-bond donors (Lipinski definition) is 0. The SMILES string of the molecule is c1ccc(-c2nc(-c3cc4c(cc3-n3c5ccccc5c5ccccc53)oc3ccccc34)c3sc4ccccc4c3n2)cc1. The molecular formula is C40H23N3OS. The van der Waals surface area contributed by atoms with Crippen molar-refractivity contribution in [3.63, 3.8) is 0 Å². The molecule has 4 aromatic heterocycles. The van der Waals surface area contributed by atoms with Gasteiger partial charge in [0.1, 0.15) is 11.2 Å². The first-order valence-corrected chi connectivity index (χ1v) is 15.8. The van der Waals surface area contributed by atoms with E-state index in [1.165, 1.54) is 15.5 Å². The molecule has 6 aromatic carbocycles. The zero-order chi connectivity index (χ0) is 29.5. The van der Waals surface area contributed by atoms with Crippen LogP contribution < -0.4 is 0 Å². The molecule has 0 saturated heterocycles. The molecule has 10 rings (SSSR count). The Morgan fingerprint density at radius 1 is 0.533 bits per heavy atom. The fourth-order valence-corrected chi connectivity index (χ4v) is 7.95. The smallest absolute Gasteiger partial charge is 0.160 e. The Hall–Kier alpha value is -5.78. The molecule has 0 radical (unpaired) electrons. The monoisotopic (exact) mass is 593 g/mol. The van der Waals surface area contributed by atoms with Gasteiger partial charge >= 0.3 is 0 Å². The minimum Gasteiger partial charge on any atom is -0.456 e. The Morgan fingerprint density at radius 2 is 1.18 bits per heavy atom. The van der Waals surface area contributed by atoms with Crippen LogP contribution in [0.3, 0.4) is 0 Å². The first-order valence-electron chi connectivity index (χ1n) is 15.0. The van der Waals surface area contributed by atoms with E-state index >= 15 is 0 Å². The van der Waals surface area contributed by atoms with E-state index < -0.39 is 0 Å². The van der Waals surface area contributed by atoms with Gasteiger partial charge in [-0.15, -0.1) is 11.3 Å². The molecule has 4 nitrogen and oxygen atoms in total. The molecule has 45 heavy (non-hydrogen) atoms. The van der Waals surface area contributed by atoms with Gasteiger partial charge in [-0.25, -0.2) is 9.97 Å². The van der Waals surface area contributed by atoms with Crippen molar-refractivity contribution in [3.05, 3.63) is 140 Å². The Labute approximate surface area is 261 Å². The Balaban J connectivity index is 1.41. The van der Waals surface area contributed by atoms with Crippen molar-refractivity contribution in [3.8, 4) is 28.3 Å². The molecule has 0 aliphatic heterocycles. The second-order valence-corrected chi connectivity index (χ2v) is 12.4. The molecule has 0 bridgehead atoms. The van der Waals surface area contributed by atoms with Crippen LogP contribution in [0.4, 0.5) is 0 Å². The van der Waals surface area contributed by atoms with Crippen LogP contribution in [0.5, 0.6) is 0 Å². The van der Waals surface area contributed by atoms with E-state index in [1.807, 2.05) is 30.3 Å². The van der Waals surface area contributed by atoms with Gasteiger partial charge in [-0.05, 0) is 30.3 Å². The highest BCUT2D eigenvalue weighted by molar-refractivity contribution is 7.26. The molecule has 0 fully saturated rings. The first kappa shape index (κ1) is 24.6. The molecule has 0 saturated carbocycles. The van der Waals surface area contributed by atoms with Gasteiger partial charge in [-0.3, -0.25) is 0 Å². The zero-order valence-electron chi connectivity index (χ0n) is 23.9. The summed E-state index contributed by atoms with van der Waals surface area (Å²) < 4.78 is 11.1. The van der Waals surface area contributed by atoms with Gasteiger partial charge in [0.25, 0.3) is 0 Å². The predicted molar refractivity (Wildman–Crippen MR) is 187 cm³/mol. The van der Waals surface area contributed by atoms with Crippen LogP contribution in [0.25, 0.3) is 92.4 Å². The van der Waals surface area contributed by atoms with Gasteiger partial charge in [0.15, 0.2) is 5.82 Å². The summed E-state index contributed by atoms with van der Waals surface area (Å²) in [5, 5.41) is 5.73. The minimum absolute atomic E-state index is 0.715. The van der Waals surface area contributed by atoms with Crippen molar-refractivity contribution in [1.29, 1.82) is 0 Å². The van der Waals surface area contributed by atoms with E-state index in [0.29, 0.717) is 5.82 Å². The largest absolute Gasteiger partial charge is 0.456 e. The number of benzene rings is 6. The minimum atomic E-state index is 0.715. The Bertz CT molecular complexity index is 2720. The molecule has 0 spiro atoms. The lowest BCUT2D eigenvalue weighted by molar-refractivity contribution is 0.668. The highest BCUT2D eigenvalue weighted by Gasteiger charge is 2.23. The number of rotatable bonds is 3. The molecule has 0 atom stereocenters. The second-order valence-electron chi connectivity index (χ2n) is 11.4. The molecule has 5 heteroatoms. The zero-order valence-corrected chi connectivity index (χ0v) is 24.8. The molecule has 10 aromatic rings. The molecule has 0 N–H and O–H groups in total. The Morgan fingerprint density at radius 3 is 1.96 bits per heavy atom.